The summed E-state index contributed by atoms with van der Waals surface area (Å²) in [7, 11) is 0. The van der Waals surface area contributed by atoms with Crippen LogP contribution >= 0.6 is 0 Å². The predicted molar refractivity (Wildman–Crippen MR) is 69.1 cm³/mol. The molecule has 124 valence electrons. The van der Waals surface area contributed by atoms with Crippen LogP contribution in [-0.4, -0.2) is 12.7 Å². The van der Waals surface area contributed by atoms with Gasteiger partial charge in [0.15, 0.2) is 0 Å². The molecular weight excluding hydrogens is 326 g/mol. The van der Waals surface area contributed by atoms with Crippen LogP contribution in [0.1, 0.15) is 11.1 Å². The summed E-state index contributed by atoms with van der Waals surface area (Å²) in [4.78, 5) is 0. The molecule has 2 aromatic rings. The third-order valence-corrected chi connectivity index (χ3v) is 2.72. The van der Waals surface area contributed by atoms with Crippen LogP contribution in [0.2, 0.25) is 0 Å². The predicted octanol–water partition coefficient (Wildman–Crippen LogP) is 5.07. The topological polar surface area (TPSA) is 18.5 Å². The van der Waals surface area contributed by atoms with E-state index in [1.807, 2.05) is 0 Å². The molecule has 0 bridgehead atoms. The van der Waals surface area contributed by atoms with Crippen molar-refractivity contribution in [1.82, 2.24) is 0 Å². The fraction of sp³-hybridized carbons (Fsp3) is 0.200. The highest BCUT2D eigenvalue weighted by Crippen LogP contribution is 2.25. The molecule has 0 saturated heterocycles. The van der Waals surface area contributed by atoms with E-state index >= 15 is 0 Å². The minimum Gasteiger partial charge on any atom is -0.406 e. The van der Waals surface area contributed by atoms with E-state index in [4.69, 9.17) is 0 Å². The second-order valence-corrected chi connectivity index (χ2v) is 4.56. The summed E-state index contributed by atoms with van der Waals surface area (Å²) >= 11 is 0. The second-order valence-electron chi connectivity index (χ2n) is 4.56. The van der Waals surface area contributed by atoms with Crippen molar-refractivity contribution < 1.29 is 35.8 Å². The number of hydrogen-bond acceptors (Lipinski definition) is 2. The zero-order valence-electron chi connectivity index (χ0n) is 11.4. The summed E-state index contributed by atoms with van der Waals surface area (Å²) in [6, 6.07) is 10.5. The molecule has 2 rings (SSSR count). The van der Waals surface area contributed by atoms with Gasteiger partial charge in [0.25, 0.3) is 0 Å². The first-order chi connectivity index (χ1) is 10.6. The molecule has 0 unspecified atom stereocenters. The Morgan fingerprint density at radius 2 is 0.870 bits per heavy atom. The molecule has 0 aromatic heterocycles. The lowest BCUT2D eigenvalue weighted by Gasteiger charge is -2.10. The number of rotatable bonds is 4. The molecular formula is C15H10F6O2. The summed E-state index contributed by atoms with van der Waals surface area (Å²) < 4.78 is 79.7. The van der Waals surface area contributed by atoms with E-state index in [9.17, 15) is 26.3 Å². The molecule has 0 N–H and O–H groups in total. The van der Waals surface area contributed by atoms with Crippen LogP contribution in [0.15, 0.2) is 48.5 Å². The Kier molecular flexibility index (Phi) is 4.72. The molecule has 0 amide bonds. The van der Waals surface area contributed by atoms with Gasteiger partial charge in [-0.15, -0.1) is 26.3 Å². The SMILES string of the molecule is FC(F)(F)Oc1ccc(Cc2ccc(OC(F)(F)F)cc2)cc1. The first-order valence-electron chi connectivity index (χ1n) is 6.30. The Morgan fingerprint density at radius 1 is 0.565 bits per heavy atom. The molecule has 0 radical (unpaired) electrons. The Bertz CT molecular complexity index is 572. The Hall–Kier alpha value is -2.38. The second kappa shape index (κ2) is 6.39. The van der Waals surface area contributed by atoms with E-state index < -0.39 is 12.7 Å². The van der Waals surface area contributed by atoms with Crippen molar-refractivity contribution >= 4 is 0 Å². The van der Waals surface area contributed by atoms with Crippen molar-refractivity contribution in [3.63, 3.8) is 0 Å². The summed E-state index contributed by atoms with van der Waals surface area (Å²) in [6.45, 7) is 0. The number of benzene rings is 2. The van der Waals surface area contributed by atoms with Crippen LogP contribution < -0.4 is 9.47 Å². The fourth-order valence-electron chi connectivity index (χ4n) is 1.85. The van der Waals surface area contributed by atoms with E-state index in [2.05, 4.69) is 9.47 Å². The Balaban J connectivity index is 1.99. The molecule has 2 nitrogen and oxygen atoms in total. The Morgan fingerprint density at radius 3 is 1.13 bits per heavy atom. The maximum Gasteiger partial charge on any atom is 0.573 e. The molecule has 0 saturated carbocycles. The van der Waals surface area contributed by atoms with Gasteiger partial charge in [0.05, 0.1) is 0 Å². The summed E-state index contributed by atoms with van der Waals surface area (Å²) in [5.74, 6) is -0.676. The fourth-order valence-corrected chi connectivity index (χ4v) is 1.85. The lowest BCUT2D eigenvalue weighted by molar-refractivity contribution is -0.275. The maximum atomic E-state index is 12.0. The minimum atomic E-state index is -4.75. The van der Waals surface area contributed by atoms with Gasteiger partial charge >= 0.3 is 12.7 Å². The number of halogens is 6. The normalized spacial score (nSPS) is 12.1. The summed E-state index contributed by atoms with van der Waals surface area (Å²) in [5.41, 5.74) is 1.37. The monoisotopic (exact) mass is 336 g/mol. The van der Waals surface area contributed by atoms with Gasteiger partial charge in [0.1, 0.15) is 11.5 Å². The smallest absolute Gasteiger partial charge is 0.406 e. The van der Waals surface area contributed by atoms with Crippen LogP contribution in [-0.2, 0) is 6.42 Å². The van der Waals surface area contributed by atoms with E-state index in [0.29, 0.717) is 17.5 Å². The third-order valence-electron chi connectivity index (χ3n) is 2.72. The molecule has 8 heteroatoms. The number of alkyl halides is 6. The van der Waals surface area contributed by atoms with Gasteiger partial charge in [-0.25, -0.2) is 0 Å². The van der Waals surface area contributed by atoms with Crippen LogP contribution in [0.5, 0.6) is 11.5 Å². The van der Waals surface area contributed by atoms with Crippen LogP contribution in [0.3, 0.4) is 0 Å². The molecule has 0 fully saturated rings. The lowest BCUT2D eigenvalue weighted by atomic mass is 10.0. The molecule has 0 aliphatic heterocycles. The molecule has 23 heavy (non-hydrogen) atoms. The highest BCUT2D eigenvalue weighted by molar-refractivity contribution is 5.34. The van der Waals surface area contributed by atoms with Crippen molar-refractivity contribution in [2.45, 2.75) is 19.1 Å². The van der Waals surface area contributed by atoms with Gasteiger partial charge in [-0.1, -0.05) is 24.3 Å². The summed E-state index contributed by atoms with van der Waals surface area (Å²) in [5, 5.41) is 0. The van der Waals surface area contributed by atoms with Gasteiger partial charge in [-0.05, 0) is 41.8 Å². The average Bonchev–Trinajstić information content (AvgIpc) is 2.40. The minimum absolute atomic E-state index is 0.338. The van der Waals surface area contributed by atoms with Crippen molar-refractivity contribution in [1.29, 1.82) is 0 Å². The molecule has 0 aliphatic rings. The van der Waals surface area contributed by atoms with Crippen molar-refractivity contribution in [3.8, 4) is 11.5 Å². The van der Waals surface area contributed by atoms with Crippen molar-refractivity contribution in [2.24, 2.45) is 0 Å². The van der Waals surface area contributed by atoms with Crippen molar-refractivity contribution in [2.75, 3.05) is 0 Å². The standard InChI is InChI=1S/C15H10F6O2/c16-14(17,18)22-12-5-1-10(2-6-12)9-11-3-7-13(8-4-11)23-15(19,20)21/h1-8H,9H2. The zero-order valence-corrected chi connectivity index (χ0v) is 11.4. The number of hydrogen-bond donors (Lipinski definition) is 0. The van der Waals surface area contributed by atoms with Gasteiger partial charge in [-0.3, -0.25) is 0 Å². The van der Waals surface area contributed by atoms with E-state index in [1.165, 1.54) is 48.5 Å². The van der Waals surface area contributed by atoms with Gasteiger partial charge < -0.3 is 9.47 Å². The average molecular weight is 336 g/mol. The van der Waals surface area contributed by atoms with Gasteiger partial charge in [-0.2, -0.15) is 0 Å². The van der Waals surface area contributed by atoms with E-state index in [-0.39, 0.29) is 11.5 Å². The summed E-state index contributed by atoms with van der Waals surface area (Å²) in [6.07, 6.45) is -9.16. The maximum absolute atomic E-state index is 12.0. The van der Waals surface area contributed by atoms with E-state index in [0.717, 1.165) is 0 Å². The Labute approximate surface area is 127 Å². The van der Waals surface area contributed by atoms with Gasteiger partial charge in [0, 0.05) is 0 Å². The highest BCUT2D eigenvalue weighted by Gasteiger charge is 2.31. The first-order valence-corrected chi connectivity index (χ1v) is 6.30. The molecule has 0 aliphatic carbocycles. The first kappa shape index (κ1) is 17.0. The van der Waals surface area contributed by atoms with Crippen molar-refractivity contribution in [3.05, 3.63) is 59.7 Å². The third kappa shape index (κ3) is 6.09. The van der Waals surface area contributed by atoms with Crippen LogP contribution in [0.4, 0.5) is 26.3 Å². The van der Waals surface area contributed by atoms with Gasteiger partial charge in [0.2, 0.25) is 0 Å². The largest absolute Gasteiger partial charge is 0.573 e. The quantitative estimate of drug-likeness (QED) is 0.726. The molecule has 0 spiro atoms. The zero-order chi connectivity index (χ0) is 17.1. The lowest BCUT2D eigenvalue weighted by Crippen LogP contribution is -2.17. The van der Waals surface area contributed by atoms with Crippen LogP contribution in [0, 0.1) is 0 Å². The number of ether oxygens (including phenoxy) is 2. The van der Waals surface area contributed by atoms with Crippen LogP contribution in [0.25, 0.3) is 0 Å². The molecule has 0 atom stereocenters. The molecule has 0 heterocycles. The molecule has 2 aromatic carbocycles. The van der Waals surface area contributed by atoms with E-state index in [1.54, 1.807) is 0 Å². The highest BCUT2D eigenvalue weighted by atomic mass is 19.4.